The Balaban J connectivity index is 2.06. The maximum absolute atomic E-state index is 12.4. The third-order valence-electron chi connectivity index (χ3n) is 3.80. The van der Waals surface area contributed by atoms with Crippen LogP contribution in [0.25, 0.3) is 0 Å². The van der Waals surface area contributed by atoms with Gasteiger partial charge in [0.1, 0.15) is 5.75 Å². The summed E-state index contributed by atoms with van der Waals surface area (Å²) in [5, 5.41) is 0. The molecule has 1 aliphatic rings. The van der Waals surface area contributed by atoms with Crippen LogP contribution in [0.15, 0.2) is 24.3 Å². The van der Waals surface area contributed by atoms with E-state index in [2.05, 4.69) is 0 Å². The summed E-state index contributed by atoms with van der Waals surface area (Å²) in [7, 11) is -1.40. The van der Waals surface area contributed by atoms with Gasteiger partial charge in [-0.3, -0.25) is 4.79 Å². The normalized spacial score (nSPS) is 20.2. The van der Waals surface area contributed by atoms with E-state index < -0.39 is 9.84 Å². The summed E-state index contributed by atoms with van der Waals surface area (Å²) >= 11 is 0. The molecular formula is C15H21NO4S. The van der Waals surface area contributed by atoms with Gasteiger partial charge in [0.25, 0.3) is 0 Å². The molecule has 0 N–H and O–H groups in total. The third kappa shape index (κ3) is 3.97. The average molecular weight is 311 g/mol. The van der Waals surface area contributed by atoms with Gasteiger partial charge in [-0.2, -0.15) is 0 Å². The highest BCUT2D eigenvalue weighted by molar-refractivity contribution is 7.91. The number of hydrogen-bond donors (Lipinski definition) is 0. The SMILES string of the molecule is CCN(C(=O)Cc1cccc(OC)c1)C1CCS(=O)(=O)C1. The van der Waals surface area contributed by atoms with Crippen molar-refractivity contribution in [1.29, 1.82) is 0 Å². The number of hydrogen-bond acceptors (Lipinski definition) is 4. The molecule has 1 unspecified atom stereocenters. The summed E-state index contributed by atoms with van der Waals surface area (Å²) in [6, 6.07) is 7.20. The Labute approximate surface area is 125 Å². The van der Waals surface area contributed by atoms with Crippen molar-refractivity contribution < 1.29 is 17.9 Å². The molecule has 21 heavy (non-hydrogen) atoms. The first-order chi connectivity index (χ1) is 9.95. The number of carbonyl (C=O) groups excluding carboxylic acids is 1. The van der Waals surface area contributed by atoms with Crippen LogP contribution in [0, 0.1) is 0 Å². The fraction of sp³-hybridized carbons (Fsp3) is 0.533. The van der Waals surface area contributed by atoms with Crippen molar-refractivity contribution in [2.24, 2.45) is 0 Å². The molecular weight excluding hydrogens is 290 g/mol. The lowest BCUT2D eigenvalue weighted by molar-refractivity contribution is -0.132. The lowest BCUT2D eigenvalue weighted by Crippen LogP contribution is -2.41. The van der Waals surface area contributed by atoms with E-state index in [1.807, 2.05) is 31.2 Å². The number of methoxy groups -OCH3 is 1. The lowest BCUT2D eigenvalue weighted by atomic mass is 10.1. The topological polar surface area (TPSA) is 63.7 Å². The smallest absolute Gasteiger partial charge is 0.227 e. The van der Waals surface area contributed by atoms with E-state index in [0.717, 1.165) is 5.56 Å². The summed E-state index contributed by atoms with van der Waals surface area (Å²) in [4.78, 5) is 14.1. The summed E-state index contributed by atoms with van der Waals surface area (Å²) in [5.74, 6) is 0.949. The van der Waals surface area contributed by atoms with Gasteiger partial charge in [0.15, 0.2) is 9.84 Å². The lowest BCUT2D eigenvalue weighted by Gasteiger charge is -2.27. The molecule has 6 heteroatoms. The maximum Gasteiger partial charge on any atom is 0.227 e. The molecule has 0 radical (unpaired) electrons. The molecule has 116 valence electrons. The molecule has 0 spiro atoms. The largest absolute Gasteiger partial charge is 0.497 e. The highest BCUT2D eigenvalue weighted by atomic mass is 32.2. The Hall–Kier alpha value is -1.56. The first-order valence-corrected chi connectivity index (χ1v) is 8.90. The molecule has 1 atom stereocenters. The van der Waals surface area contributed by atoms with E-state index in [1.54, 1.807) is 12.0 Å². The number of rotatable bonds is 5. The molecule has 1 fully saturated rings. The zero-order valence-electron chi connectivity index (χ0n) is 12.4. The minimum atomic E-state index is -2.98. The van der Waals surface area contributed by atoms with Crippen molar-refractivity contribution in [3.8, 4) is 5.75 Å². The van der Waals surface area contributed by atoms with E-state index in [1.165, 1.54) is 0 Å². The van der Waals surface area contributed by atoms with E-state index in [9.17, 15) is 13.2 Å². The number of likely N-dealkylation sites (N-methyl/N-ethyl adjacent to an activating group) is 1. The predicted octanol–water partition coefficient (Wildman–Crippen LogP) is 1.27. The van der Waals surface area contributed by atoms with Gasteiger partial charge in [0.05, 0.1) is 25.0 Å². The molecule has 0 bridgehead atoms. The van der Waals surface area contributed by atoms with Crippen molar-refractivity contribution in [1.82, 2.24) is 4.90 Å². The number of sulfone groups is 1. The van der Waals surface area contributed by atoms with Crippen LogP contribution in [0.5, 0.6) is 5.75 Å². The molecule has 2 rings (SSSR count). The van der Waals surface area contributed by atoms with Crippen LogP contribution in [-0.4, -0.2) is 50.4 Å². The Morgan fingerprint density at radius 2 is 2.19 bits per heavy atom. The van der Waals surface area contributed by atoms with Crippen molar-refractivity contribution in [3.05, 3.63) is 29.8 Å². The molecule has 5 nitrogen and oxygen atoms in total. The second-order valence-electron chi connectivity index (χ2n) is 5.26. The van der Waals surface area contributed by atoms with Crippen molar-refractivity contribution >= 4 is 15.7 Å². The quantitative estimate of drug-likeness (QED) is 0.821. The molecule has 0 aliphatic carbocycles. The fourth-order valence-electron chi connectivity index (χ4n) is 2.72. The minimum absolute atomic E-state index is 0.0344. The van der Waals surface area contributed by atoms with Gasteiger partial charge in [-0.15, -0.1) is 0 Å². The zero-order chi connectivity index (χ0) is 15.5. The van der Waals surface area contributed by atoms with Crippen LogP contribution in [0.2, 0.25) is 0 Å². The zero-order valence-corrected chi connectivity index (χ0v) is 13.2. The Bertz CT molecular complexity index is 612. The first-order valence-electron chi connectivity index (χ1n) is 7.08. The van der Waals surface area contributed by atoms with E-state index in [4.69, 9.17) is 4.74 Å². The van der Waals surface area contributed by atoms with Gasteiger partial charge in [-0.1, -0.05) is 12.1 Å². The van der Waals surface area contributed by atoms with Gasteiger partial charge in [0.2, 0.25) is 5.91 Å². The second kappa shape index (κ2) is 6.47. The highest BCUT2D eigenvalue weighted by Crippen LogP contribution is 2.19. The Kier molecular flexibility index (Phi) is 4.88. The number of amides is 1. The van der Waals surface area contributed by atoms with Crippen LogP contribution in [-0.2, 0) is 21.1 Å². The van der Waals surface area contributed by atoms with Crippen molar-refractivity contribution in [2.45, 2.75) is 25.8 Å². The van der Waals surface area contributed by atoms with Crippen molar-refractivity contribution in [3.63, 3.8) is 0 Å². The number of carbonyl (C=O) groups is 1. The third-order valence-corrected chi connectivity index (χ3v) is 5.55. The standard InChI is InChI=1S/C15H21NO4S/c1-3-16(13-7-8-21(18,19)11-13)15(17)10-12-5-4-6-14(9-12)20-2/h4-6,9,13H,3,7-8,10-11H2,1-2H3. The Morgan fingerprint density at radius 3 is 2.76 bits per heavy atom. The Morgan fingerprint density at radius 1 is 1.43 bits per heavy atom. The molecule has 1 amide bonds. The van der Waals surface area contributed by atoms with Crippen LogP contribution >= 0.6 is 0 Å². The number of nitrogens with zero attached hydrogens (tertiary/aromatic N) is 1. The molecule has 1 aromatic carbocycles. The predicted molar refractivity (Wildman–Crippen MR) is 81.1 cm³/mol. The number of benzene rings is 1. The molecule has 0 saturated carbocycles. The summed E-state index contributed by atoms with van der Waals surface area (Å²) in [6.07, 6.45) is 0.807. The van der Waals surface area contributed by atoms with E-state index in [0.29, 0.717) is 18.7 Å². The highest BCUT2D eigenvalue weighted by Gasteiger charge is 2.33. The van der Waals surface area contributed by atoms with Gasteiger partial charge in [0, 0.05) is 12.6 Å². The van der Waals surface area contributed by atoms with E-state index >= 15 is 0 Å². The number of ether oxygens (including phenoxy) is 1. The molecule has 1 aromatic rings. The summed E-state index contributed by atoms with van der Waals surface area (Å²) in [6.45, 7) is 2.41. The van der Waals surface area contributed by atoms with Gasteiger partial charge in [-0.05, 0) is 31.0 Å². The monoisotopic (exact) mass is 311 g/mol. The molecule has 1 saturated heterocycles. The van der Waals surface area contributed by atoms with E-state index in [-0.39, 0.29) is 29.9 Å². The van der Waals surface area contributed by atoms with Gasteiger partial charge >= 0.3 is 0 Å². The summed E-state index contributed by atoms with van der Waals surface area (Å²) < 4.78 is 28.3. The molecule has 1 heterocycles. The molecule has 0 aromatic heterocycles. The van der Waals surface area contributed by atoms with Crippen LogP contribution in [0.3, 0.4) is 0 Å². The minimum Gasteiger partial charge on any atom is -0.497 e. The van der Waals surface area contributed by atoms with Crippen LogP contribution in [0.1, 0.15) is 18.9 Å². The fourth-order valence-corrected chi connectivity index (χ4v) is 4.45. The van der Waals surface area contributed by atoms with Crippen molar-refractivity contribution in [2.75, 3.05) is 25.2 Å². The average Bonchev–Trinajstić information content (AvgIpc) is 2.80. The van der Waals surface area contributed by atoms with Crippen LogP contribution in [0.4, 0.5) is 0 Å². The maximum atomic E-state index is 12.4. The second-order valence-corrected chi connectivity index (χ2v) is 7.49. The summed E-state index contributed by atoms with van der Waals surface area (Å²) in [5.41, 5.74) is 0.874. The molecule has 1 aliphatic heterocycles. The van der Waals surface area contributed by atoms with Gasteiger partial charge in [-0.25, -0.2) is 8.42 Å². The first kappa shape index (κ1) is 15.8. The van der Waals surface area contributed by atoms with Crippen LogP contribution < -0.4 is 4.74 Å². The van der Waals surface area contributed by atoms with Gasteiger partial charge < -0.3 is 9.64 Å².